The first kappa shape index (κ1) is 24.0. The van der Waals surface area contributed by atoms with Crippen LogP contribution >= 0.6 is 0 Å². The third-order valence-electron chi connectivity index (χ3n) is 5.73. The largest absolute Gasteiger partial charge is 0.494 e. The molecule has 4 aromatic rings. The average Bonchev–Trinajstić information content (AvgIpc) is 2.89. The average molecular weight is 468 g/mol. The molecule has 4 rings (SSSR count). The van der Waals surface area contributed by atoms with Crippen LogP contribution in [-0.2, 0) is 24.3 Å². The van der Waals surface area contributed by atoms with Crippen LogP contribution in [0.3, 0.4) is 0 Å². The van der Waals surface area contributed by atoms with Crippen molar-refractivity contribution in [3.63, 3.8) is 0 Å². The molecule has 0 fully saturated rings. The van der Waals surface area contributed by atoms with Gasteiger partial charge in [0, 0.05) is 24.7 Å². The topological polar surface area (TPSA) is 64.4 Å². The summed E-state index contributed by atoms with van der Waals surface area (Å²) in [7, 11) is 0. The minimum atomic E-state index is -0.264. The maximum atomic E-state index is 13.3. The summed E-state index contributed by atoms with van der Waals surface area (Å²) >= 11 is 0. The van der Waals surface area contributed by atoms with Crippen molar-refractivity contribution in [2.75, 3.05) is 13.2 Å². The van der Waals surface area contributed by atoms with Gasteiger partial charge in [-0.15, -0.1) is 0 Å². The van der Waals surface area contributed by atoms with Crippen molar-refractivity contribution in [3.05, 3.63) is 119 Å². The van der Waals surface area contributed by atoms with Crippen molar-refractivity contribution in [1.29, 1.82) is 0 Å². The van der Waals surface area contributed by atoms with Gasteiger partial charge in [-0.3, -0.25) is 14.2 Å². The summed E-state index contributed by atoms with van der Waals surface area (Å²) in [6, 6.07) is 28.9. The van der Waals surface area contributed by atoms with E-state index in [-0.39, 0.29) is 18.0 Å². The number of carbonyl (C=O) groups is 1. The van der Waals surface area contributed by atoms with Crippen molar-refractivity contribution < 1.29 is 9.53 Å². The quantitative estimate of drug-likeness (QED) is 0.342. The van der Waals surface area contributed by atoms with Crippen molar-refractivity contribution in [3.8, 4) is 17.0 Å². The zero-order valence-electron chi connectivity index (χ0n) is 19.8. The summed E-state index contributed by atoms with van der Waals surface area (Å²) in [4.78, 5) is 32.3. The molecule has 0 radical (unpaired) electrons. The summed E-state index contributed by atoms with van der Waals surface area (Å²) in [6.07, 6.45) is 2.19. The van der Waals surface area contributed by atoms with Crippen LogP contribution in [0.4, 0.5) is 0 Å². The molecule has 0 aliphatic heterocycles. The van der Waals surface area contributed by atoms with Crippen LogP contribution in [-0.4, -0.2) is 33.5 Å². The highest BCUT2D eigenvalue weighted by Crippen LogP contribution is 2.19. The van der Waals surface area contributed by atoms with Crippen LogP contribution in [0.15, 0.2) is 102 Å². The lowest BCUT2D eigenvalue weighted by Crippen LogP contribution is -2.37. The second kappa shape index (κ2) is 11.8. The molecule has 0 bridgehead atoms. The number of rotatable bonds is 10. The number of ether oxygens (including phenoxy) is 1. The van der Waals surface area contributed by atoms with Gasteiger partial charge in [0.15, 0.2) is 0 Å². The molecule has 0 unspecified atom stereocenters. The third-order valence-corrected chi connectivity index (χ3v) is 5.73. The molecule has 35 heavy (non-hydrogen) atoms. The number of aromatic nitrogens is 2. The Kier molecular flexibility index (Phi) is 8.07. The Morgan fingerprint density at radius 3 is 2.20 bits per heavy atom. The molecule has 0 N–H and O–H groups in total. The summed E-state index contributed by atoms with van der Waals surface area (Å²) in [5, 5.41) is 0. The van der Waals surface area contributed by atoms with Gasteiger partial charge in [0.05, 0.1) is 18.6 Å². The van der Waals surface area contributed by atoms with Crippen molar-refractivity contribution in [2.45, 2.75) is 26.4 Å². The Balaban J connectivity index is 1.48. The molecular formula is C29H29N3O3. The van der Waals surface area contributed by atoms with E-state index >= 15 is 0 Å². The summed E-state index contributed by atoms with van der Waals surface area (Å²) in [6.45, 7) is 3.51. The normalized spacial score (nSPS) is 10.7. The first-order chi connectivity index (χ1) is 17.1. The maximum absolute atomic E-state index is 13.3. The van der Waals surface area contributed by atoms with E-state index in [9.17, 15) is 9.59 Å². The molecule has 1 heterocycles. The van der Waals surface area contributed by atoms with E-state index in [1.165, 1.54) is 17.0 Å². The number of hydrogen-bond donors (Lipinski definition) is 0. The highest BCUT2D eigenvalue weighted by atomic mass is 16.5. The lowest BCUT2D eigenvalue weighted by molar-refractivity contribution is -0.132. The Morgan fingerprint density at radius 2 is 1.57 bits per heavy atom. The van der Waals surface area contributed by atoms with Crippen molar-refractivity contribution in [2.24, 2.45) is 0 Å². The molecule has 0 aliphatic rings. The zero-order chi connectivity index (χ0) is 24.5. The molecule has 0 saturated carbocycles. The maximum Gasteiger partial charge on any atom is 0.254 e. The van der Waals surface area contributed by atoms with E-state index in [0.717, 1.165) is 28.9 Å². The first-order valence-corrected chi connectivity index (χ1v) is 11.8. The van der Waals surface area contributed by atoms with Crippen LogP contribution in [0.1, 0.15) is 18.1 Å². The molecule has 178 valence electrons. The standard InChI is InChI=1S/C29H29N3O3/c1-2-35-26-15-13-25(14-16-26)27-19-28(33)32(22-30-27)21-29(34)31(20-24-11-7-4-8-12-24)18-17-23-9-5-3-6-10-23/h3-16,19,22H,2,17-18,20-21H2,1H3. The minimum absolute atomic E-state index is 0.0585. The third kappa shape index (κ3) is 6.67. The summed E-state index contributed by atoms with van der Waals surface area (Å²) in [5.74, 6) is 0.645. The summed E-state index contributed by atoms with van der Waals surface area (Å²) < 4.78 is 6.83. The molecule has 1 aromatic heterocycles. The predicted octanol–water partition coefficient (Wildman–Crippen LogP) is 4.58. The highest BCUT2D eigenvalue weighted by Gasteiger charge is 2.16. The first-order valence-electron chi connectivity index (χ1n) is 11.8. The Labute approximate surface area is 205 Å². The van der Waals surface area contributed by atoms with Crippen LogP contribution in [0.25, 0.3) is 11.3 Å². The van der Waals surface area contributed by atoms with Crippen molar-refractivity contribution in [1.82, 2.24) is 14.5 Å². The van der Waals surface area contributed by atoms with Crippen LogP contribution in [0, 0.1) is 0 Å². The molecule has 6 heteroatoms. The molecule has 1 amide bonds. The zero-order valence-corrected chi connectivity index (χ0v) is 19.8. The van der Waals surface area contributed by atoms with E-state index in [0.29, 0.717) is 25.4 Å². The second-order valence-corrected chi connectivity index (χ2v) is 8.23. The van der Waals surface area contributed by atoms with E-state index < -0.39 is 0 Å². The van der Waals surface area contributed by atoms with Gasteiger partial charge in [0.2, 0.25) is 5.91 Å². The van der Waals surface area contributed by atoms with Gasteiger partial charge in [-0.05, 0) is 48.7 Å². The molecule has 0 atom stereocenters. The van der Waals surface area contributed by atoms with Gasteiger partial charge in [-0.2, -0.15) is 0 Å². The van der Waals surface area contributed by atoms with Crippen LogP contribution in [0.5, 0.6) is 5.75 Å². The Morgan fingerprint density at radius 1 is 0.914 bits per heavy atom. The lowest BCUT2D eigenvalue weighted by atomic mass is 10.1. The lowest BCUT2D eigenvalue weighted by Gasteiger charge is -2.23. The Hall–Kier alpha value is -4.19. The molecule has 0 spiro atoms. The molecule has 3 aromatic carbocycles. The van der Waals surface area contributed by atoms with E-state index in [1.807, 2.05) is 79.7 Å². The fraction of sp³-hybridized carbons (Fsp3) is 0.207. The van der Waals surface area contributed by atoms with Gasteiger partial charge < -0.3 is 9.64 Å². The number of carbonyl (C=O) groups excluding carboxylic acids is 1. The Bertz CT molecular complexity index is 1290. The van der Waals surface area contributed by atoms with E-state index in [1.54, 1.807) is 4.90 Å². The van der Waals surface area contributed by atoms with E-state index in [4.69, 9.17) is 4.74 Å². The molecule has 0 aliphatic carbocycles. The van der Waals surface area contributed by atoms with E-state index in [2.05, 4.69) is 17.1 Å². The molecular weight excluding hydrogens is 438 g/mol. The molecule has 0 saturated heterocycles. The minimum Gasteiger partial charge on any atom is -0.494 e. The monoisotopic (exact) mass is 467 g/mol. The fourth-order valence-electron chi connectivity index (χ4n) is 3.84. The second-order valence-electron chi connectivity index (χ2n) is 8.23. The molecule has 6 nitrogen and oxygen atoms in total. The fourth-order valence-corrected chi connectivity index (χ4v) is 3.84. The number of benzene rings is 3. The smallest absolute Gasteiger partial charge is 0.254 e. The predicted molar refractivity (Wildman–Crippen MR) is 137 cm³/mol. The summed E-state index contributed by atoms with van der Waals surface area (Å²) in [5.41, 5.74) is 3.33. The number of nitrogens with zero attached hydrogens (tertiary/aromatic N) is 3. The van der Waals surface area contributed by atoms with Crippen LogP contribution < -0.4 is 10.3 Å². The van der Waals surface area contributed by atoms with Gasteiger partial charge >= 0.3 is 0 Å². The van der Waals surface area contributed by atoms with Gasteiger partial charge in [0.1, 0.15) is 12.3 Å². The number of hydrogen-bond acceptors (Lipinski definition) is 4. The highest BCUT2D eigenvalue weighted by molar-refractivity contribution is 5.76. The number of amides is 1. The van der Waals surface area contributed by atoms with Crippen molar-refractivity contribution >= 4 is 5.91 Å². The van der Waals surface area contributed by atoms with Gasteiger partial charge in [0.25, 0.3) is 5.56 Å². The van der Waals surface area contributed by atoms with Crippen LogP contribution in [0.2, 0.25) is 0 Å². The van der Waals surface area contributed by atoms with Gasteiger partial charge in [-0.25, -0.2) is 4.98 Å². The SMILES string of the molecule is CCOc1ccc(-c2cc(=O)n(CC(=O)N(CCc3ccccc3)Cc3ccccc3)cn2)cc1. The van der Waals surface area contributed by atoms with Gasteiger partial charge in [-0.1, -0.05) is 60.7 Å².